The van der Waals surface area contributed by atoms with E-state index in [1.54, 1.807) is 24.3 Å². The molecule has 0 spiro atoms. The van der Waals surface area contributed by atoms with Crippen LogP contribution >= 0.6 is 0 Å². The maximum absolute atomic E-state index is 12.3. The molecule has 0 bridgehead atoms. The van der Waals surface area contributed by atoms with Crippen molar-refractivity contribution in [1.29, 1.82) is 5.26 Å². The average molecular weight is 296 g/mol. The van der Waals surface area contributed by atoms with Gasteiger partial charge in [0.15, 0.2) is 6.61 Å². The van der Waals surface area contributed by atoms with Crippen LogP contribution in [0.25, 0.3) is 0 Å². The molecule has 4 heteroatoms. The zero-order valence-corrected chi connectivity index (χ0v) is 13.2. The molecule has 0 saturated carbocycles. The van der Waals surface area contributed by atoms with Crippen molar-refractivity contribution in [2.24, 2.45) is 0 Å². The lowest BCUT2D eigenvalue weighted by Gasteiger charge is -2.08. The van der Waals surface area contributed by atoms with Crippen LogP contribution in [0, 0.1) is 25.2 Å². The number of benzene rings is 1. The van der Waals surface area contributed by atoms with Gasteiger partial charge in [-0.15, -0.1) is 0 Å². The molecule has 1 aromatic heterocycles. The summed E-state index contributed by atoms with van der Waals surface area (Å²) in [6.45, 7) is 7.02. The van der Waals surface area contributed by atoms with Crippen molar-refractivity contribution < 1.29 is 9.53 Å². The average Bonchev–Trinajstić information content (AvgIpc) is 2.81. The topological polar surface area (TPSA) is 55.0 Å². The molecule has 0 N–H and O–H groups in total. The standard InChI is InChI=1S/C18H20N2O2/c1-4-9-20-13(2)10-17(14(20)3)18(21)12-22-16-7-5-15(11-19)6-8-16/h5-8,10H,4,9,12H2,1-3H3. The van der Waals surface area contributed by atoms with Gasteiger partial charge >= 0.3 is 0 Å². The molecule has 114 valence electrons. The molecule has 0 amide bonds. The van der Waals surface area contributed by atoms with Crippen LogP contribution in [0.1, 0.15) is 40.7 Å². The van der Waals surface area contributed by atoms with Crippen LogP contribution < -0.4 is 4.74 Å². The third-order valence-corrected chi connectivity index (χ3v) is 3.67. The Morgan fingerprint density at radius 1 is 1.27 bits per heavy atom. The van der Waals surface area contributed by atoms with Crippen molar-refractivity contribution in [2.45, 2.75) is 33.7 Å². The van der Waals surface area contributed by atoms with E-state index in [0.717, 1.165) is 29.9 Å². The fourth-order valence-corrected chi connectivity index (χ4v) is 2.50. The summed E-state index contributed by atoms with van der Waals surface area (Å²) in [5.41, 5.74) is 3.38. The predicted molar refractivity (Wildman–Crippen MR) is 85.2 cm³/mol. The minimum atomic E-state index is -0.0280. The van der Waals surface area contributed by atoms with E-state index in [0.29, 0.717) is 11.3 Å². The second kappa shape index (κ2) is 6.95. The molecule has 1 aromatic carbocycles. The molecular weight excluding hydrogens is 276 g/mol. The van der Waals surface area contributed by atoms with Gasteiger partial charge in [-0.3, -0.25) is 4.79 Å². The molecule has 2 rings (SSSR count). The van der Waals surface area contributed by atoms with E-state index < -0.39 is 0 Å². The van der Waals surface area contributed by atoms with Crippen LogP contribution in [0.2, 0.25) is 0 Å². The van der Waals surface area contributed by atoms with Gasteiger partial charge in [-0.25, -0.2) is 0 Å². The Balaban J connectivity index is 2.06. The Kier molecular flexibility index (Phi) is 5.00. The van der Waals surface area contributed by atoms with Crippen LogP contribution in [0.3, 0.4) is 0 Å². The fourth-order valence-electron chi connectivity index (χ4n) is 2.50. The largest absolute Gasteiger partial charge is 0.485 e. The summed E-state index contributed by atoms with van der Waals surface area (Å²) < 4.78 is 7.68. The first-order valence-electron chi connectivity index (χ1n) is 7.39. The maximum Gasteiger partial charge on any atom is 0.202 e. The lowest BCUT2D eigenvalue weighted by molar-refractivity contribution is 0.0921. The van der Waals surface area contributed by atoms with E-state index in [1.807, 2.05) is 26.0 Å². The Labute approximate surface area is 130 Å². The number of nitriles is 1. The molecule has 0 aliphatic carbocycles. The molecule has 0 atom stereocenters. The molecule has 0 saturated heterocycles. The van der Waals surface area contributed by atoms with E-state index in [2.05, 4.69) is 11.5 Å². The Hall–Kier alpha value is -2.54. The van der Waals surface area contributed by atoms with E-state index in [4.69, 9.17) is 10.00 Å². The maximum atomic E-state index is 12.3. The van der Waals surface area contributed by atoms with Gasteiger partial charge in [-0.05, 0) is 50.6 Å². The summed E-state index contributed by atoms with van der Waals surface area (Å²) in [4.78, 5) is 12.3. The number of Topliss-reactive ketones (excluding diaryl/α,β-unsaturated/α-hetero) is 1. The number of hydrogen-bond donors (Lipinski definition) is 0. The SMILES string of the molecule is CCCn1c(C)cc(C(=O)COc2ccc(C#N)cc2)c1C. The summed E-state index contributed by atoms with van der Waals surface area (Å²) >= 11 is 0. The highest BCUT2D eigenvalue weighted by molar-refractivity contribution is 5.98. The van der Waals surface area contributed by atoms with Crippen molar-refractivity contribution in [2.75, 3.05) is 6.61 Å². The predicted octanol–water partition coefficient (Wildman–Crippen LogP) is 3.65. The Bertz CT molecular complexity index is 706. The summed E-state index contributed by atoms with van der Waals surface area (Å²) in [6.07, 6.45) is 1.03. The van der Waals surface area contributed by atoms with Crippen LogP contribution in [-0.4, -0.2) is 17.0 Å². The number of nitrogens with zero attached hydrogens (tertiary/aromatic N) is 2. The van der Waals surface area contributed by atoms with Gasteiger partial charge in [0.1, 0.15) is 5.75 Å². The van der Waals surface area contributed by atoms with Crippen molar-refractivity contribution in [3.05, 3.63) is 52.8 Å². The summed E-state index contributed by atoms with van der Waals surface area (Å²) in [5.74, 6) is 0.564. The molecule has 0 radical (unpaired) electrons. The molecule has 22 heavy (non-hydrogen) atoms. The lowest BCUT2D eigenvalue weighted by Crippen LogP contribution is -2.13. The van der Waals surface area contributed by atoms with Gasteiger partial charge in [0, 0.05) is 23.5 Å². The summed E-state index contributed by atoms with van der Waals surface area (Å²) in [7, 11) is 0. The Morgan fingerprint density at radius 3 is 2.55 bits per heavy atom. The van der Waals surface area contributed by atoms with Gasteiger partial charge in [0.05, 0.1) is 11.6 Å². The third kappa shape index (κ3) is 3.37. The van der Waals surface area contributed by atoms with Crippen LogP contribution in [-0.2, 0) is 6.54 Å². The molecule has 0 aliphatic rings. The minimum absolute atomic E-state index is 0.00230. The highest BCUT2D eigenvalue weighted by atomic mass is 16.5. The molecule has 0 unspecified atom stereocenters. The summed E-state index contributed by atoms with van der Waals surface area (Å²) in [5, 5.41) is 8.75. The number of ether oxygens (including phenoxy) is 1. The van der Waals surface area contributed by atoms with E-state index >= 15 is 0 Å². The quantitative estimate of drug-likeness (QED) is 0.765. The number of carbonyl (C=O) groups excluding carboxylic acids is 1. The molecule has 0 fully saturated rings. The number of ketones is 1. The normalized spacial score (nSPS) is 10.3. The van der Waals surface area contributed by atoms with Crippen LogP contribution in [0.5, 0.6) is 5.75 Å². The van der Waals surface area contributed by atoms with Crippen molar-refractivity contribution >= 4 is 5.78 Å². The number of rotatable bonds is 6. The van der Waals surface area contributed by atoms with E-state index in [9.17, 15) is 4.79 Å². The number of hydrogen-bond acceptors (Lipinski definition) is 3. The van der Waals surface area contributed by atoms with Gasteiger partial charge in [-0.2, -0.15) is 5.26 Å². The number of aryl methyl sites for hydroxylation is 1. The molecule has 4 nitrogen and oxygen atoms in total. The highest BCUT2D eigenvalue weighted by Crippen LogP contribution is 2.17. The zero-order chi connectivity index (χ0) is 16.1. The molecular formula is C18H20N2O2. The first-order valence-corrected chi connectivity index (χ1v) is 7.39. The lowest BCUT2D eigenvalue weighted by atomic mass is 10.1. The smallest absolute Gasteiger partial charge is 0.202 e. The first-order chi connectivity index (χ1) is 10.6. The third-order valence-electron chi connectivity index (χ3n) is 3.67. The van der Waals surface area contributed by atoms with Crippen molar-refractivity contribution in [3.63, 3.8) is 0 Å². The minimum Gasteiger partial charge on any atom is -0.485 e. The second-order valence-electron chi connectivity index (χ2n) is 5.28. The highest BCUT2D eigenvalue weighted by Gasteiger charge is 2.15. The van der Waals surface area contributed by atoms with E-state index in [-0.39, 0.29) is 12.4 Å². The van der Waals surface area contributed by atoms with Crippen LogP contribution in [0.4, 0.5) is 0 Å². The first kappa shape index (κ1) is 15.8. The molecule has 1 heterocycles. The molecule has 2 aromatic rings. The second-order valence-corrected chi connectivity index (χ2v) is 5.28. The number of carbonyl (C=O) groups is 1. The molecule has 0 aliphatic heterocycles. The van der Waals surface area contributed by atoms with Crippen molar-refractivity contribution in [1.82, 2.24) is 4.57 Å². The summed E-state index contributed by atoms with van der Waals surface area (Å²) in [6, 6.07) is 10.7. The van der Waals surface area contributed by atoms with Crippen molar-refractivity contribution in [3.8, 4) is 11.8 Å². The van der Waals surface area contributed by atoms with Gasteiger partial charge in [0.25, 0.3) is 0 Å². The monoisotopic (exact) mass is 296 g/mol. The Morgan fingerprint density at radius 2 is 1.95 bits per heavy atom. The van der Waals surface area contributed by atoms with Gasteiger partial charge < -0.3 is 9.30 Å². The number of aromatic nitrogens is 1. The van der Waals surface area contributed by atoms with E-state index in [1.165, 1.54) is 0 Å². The van der Waals surface area contributed by atoms with Crippen LogP contribution in [0.15, 0.2) is 30.3 Å². The zero-order valence-electron chi connectivity index (χ0n) is 13.2. The van der Waals surface area contributed by atoms with Gasteiger partial charge in [-0.1, -0.05) is 6.92 Å². The fraction of sp³-hybridized carbons (Fsp3) is 0.333. The van der Waals surface area contributed by atoms with Gasteiger partial charge in [0.2, 0.25) is 5.78 Å².